The number of aliphatic carboxylic acids is 1. The van der Waals surface area contributed by atoms with Crippen LogP contribution in [-0.4, -0.2) is 40.0 Å². The Morgan fingerprint density at radius 1 is 1.53 bits per heavy atom. The monoisotopic (exact) mass is 283 g/mol. The van der Waals surface area contributed by atoms with Crippen LogP contribution in [0.4, 0.5) is 5.69 Å². The molecule has 0 fully saturated rings. The number of thioether (sulfide) groups is 1. The van der Waals surface area contributed by atoms with Gasteiger partial charge in [-0.2, -0.15) is 11.8 Å². The summed E-state index contributed by atoms with van der Waals surface area (Å²) in [6.45, 7) is 0. The molecular formula is C12H17N3O3S. The molecule has 1 unspecified atom stereocenters. The van der Waals surface area contributed by atoms with Crippen LogP contribution in [0.25, 0.3) is 0 Å². The second kappa shape index (κ2) is 7.63. The number of anilines is 1. The number of pyridine rings is 1. The summed E-state index contributed by atoms with van der Waals surface area (Å²) < 4.78 is 0. The lowest BCUT2D eigenvalue weighted by molar-refractivity contribution is -0.141. The highest BCUT2D eigenvalue weighted by atomic mass is 32.2. The van der Waals surface area contributed by atoms with Crippen LogP contribution in [0.1, 0.15) is 12.1 Å². The molecule has 0 aliphatic carbocycles. The van der Waals surface area contributed by atoms with Crippen molar-refractivity contribution in [1.29, 1.82) is 0 Å². The van der Waals surface area contributed by atoms with Crippen LogP contribution in [0.5, 0.6) is 0 Å². The standard InChI is InChI=1S/C12H17N3O3S/c1-19-5-4-10(12(17)18)15-11(16)6-9-3-2-8(13)7-14-9/h2-3,7,10H,4-6,13H2,1H3,(H,15,16)(H,17,18). The van der Waals surface area contributed by atoms with Crippen LogP contribution in [0.2, 0.25) is 0 Å². The Balaban J connectivity index is 2.52. The second-order valence-electron chi connectivity index (χ2n) is 4.00. The number of carboxylic acids is 1. The van der Waals surface area contributed by atoms with E-state index in [1.54, 1.807) is 12.1 Å². The Hall–Kier alpha value is -1.76. The molecule has 4 N–H and O–H groups in total. The van der Waals surface area contributed by atoms with Crippen LogP contribution >= 0.6 is 11.8 Å². The average Bonchev–Trinajstić information content (AvgIpc) is 2.37. The van der Waals surface area contributed by atoms with Gasteiger partial charge in [0, 0.05) is 5.69 Å². The maximum absolute atomic E-state index is 11.7. The molecule has 104 valence electrons. The highest BCUT2D eigenvalue weighted by Crippen LogP contribution is 2.04. The summed E-state index contributed by atoms with van der Waals surface area (Å²) in [5.41, 5.74) is 6.57. The van der Waals surface area contributed by atoms with Crippen molar-refractivity contribution in [2.24, 2.45) is 0 Å². The fourth-order valence-corrected chi connectivity index (χ4v) is 1.91. The predicted octanol–water partition coefficient (Wildman–Crippen LogP) is 0.529. The van der Waals surface area contributed by atoms with Crippen LogP contribution in [0.15, 0.2) is 18.3 Å². The number of carbonyl (C=O) groups excluding carboxylic acids is 1. The topological polar surface area (TPSA) is 105 Å². The second-order valence-corrected chi connectivity index (χ2v) is 4.99. The number of hydrogen-bond donors (Lipinski definition) is 3. The van der Waals surface area contributed by atoms with Gasteiger partial charge in [0.1, 0.15) is 6.04 Å². The molecule has 0 saturated carbocycles. The first kappa shape index (κ1) is 15.3. The molecule has 0 aromatic carbocycles. The van der Waals surface area contributed by atoms with E-state index in [9.17, 15) is 9.59 Å². The Morgan fingerprint density at radius 3 is 2.79 bits per heavy atom. The Bertz CT molecular complexity index is 436. The van der Waals surface area contributed by atoms with E-state index in [0.717, 1.165) is 0 Å². The molecule has 1 amide bonds. The third kappa shape index (κ3) is 5.60. The number of nitrogen functional groups attached to an aromatic ring is 1. The number of carboxylic acid groups (broad SMARTS) is 1. The van der Waals surface area contributed by atoms with E-state index in [-0.39, 0.29) is 12.3 Å². The van der Waals surface area contributed by atoms with Crippen LogP contribution in [-0.2, 0) is 16.0 Å². The average molecular weight is 283 g/mol. The Kier molecular flexibility index (Phi) is 6.14. The zero-order valence-corrected chi connectivity index (χ0v) is 11.4. The van der Waals surface area contributed by atoms with Crippen LogP contribution < -0.4 is 11.1 Å². The number of rotatable bonds is 7. The van der Waals surface area contributed by atoms with Gasteiger partial charge >= 0.3 is 5.97 Å². The normalized spacial score (nSPS) is 11.8. The molecule has 1 rings (SSSR count). The first-order chi connectivity index (χ1) is 9.02. The number of carbonyl (C=O) groups is 2. The molecule has 1 atom stereocenters. The number of nitrogens with zero attached hydrogens (tertiary/aromatic N) is 1. The maximum Gasteiger partial charge on any atom is 0.326 e. The van der Waals surface area contributed by atoms with Crippen molar-refractivity contribution >= 4 is 29.3 Å². The van der Waals surface area contributed by atoms with Crippen molar-refractivity contribution in [3.8, 4) is 0 Å². The number of nitrogens with two attached hydrogens (primary N) is 1. The van der Waals surface area contributed by atoms with Crippen molar-refractivity contribution in [3.63, 3.8) is 0 Å². The van der Waals surface area contributed by atoms with E-state index in [1.807, 2.05) is 6.26 Å². The fourth-order valence-electron chi connectivity index (χ4n) is 1.44. The fraction of sp³-hybridized carbons (Fsp3) is 0.417. The quantitative estimate of drug-likeness (QED) is 0.674. The van der Waals surface area contributed by atoms with Gasteiger partial charge in [-0.3, -0.25) is 9.78 Å². The van der Waals surface area contributed by atoms with Crippen LogP contribution in [0, 0.1) is 0 Å². The summed E-state index contributed by atoms with van der Waals surface area (Å²) in [7, 11) is 0. The highest BCUT2D eigenvalue weighted by Gasteiger charge is 2.19. The lowest BCUT2D eigenvalue weighted by atomic mass is 10.2. The van der Waals surface area contributed by atoms with E-state index >= 15 is 0 Å². The van der Waals surface area contributed by atoms with Gasteiger partial charge < -0.3 is 16.2 Å². The lowest BCUT2D eigenvalue weighted by Crippen LogP contribution is -2.42. The maximum atomic E-state index is 11.7. The van der Waals surface area contributed by atoms with Crippen molar-refractivity contribution in [2.45, 2.75) is 18.9 Å². The molecule has 0 spiro atoms. The molecule has 1 heterocycles. The SMILES string of the molecule is CSCCC(NC(=O)Cc1ccc(N)cn1)C(=O)O. The predicted molar refractivity (Wildman–Crippen MR) is 74.9 cm³/mol. The van der Waals surface area contributed by atoms with Crippen LogP contribution in [0.3, 0.4) is 0 Å². The molecule has 1 aromatic heterocycles. The smallest absolute Gasteiger partial charge is 0.326 e. The van der Waals surface area contributed by atoms with E-state index in [0.29, 0.717) is 23.6 Å². The molecule has 6 nitrogen and oxygen atoms in total. The zero-order chi connectivity index (χ0) is 14.3. The molecular weight excluding hydrogens is 266 g/mol. The van der Waals surface area contributed by atoms with Crippen molar-refractivity contribution < 1.29 is 14.7 Å². The minimum absolute atomic E-state index is 0.0450. The molecule has 1 aromatic rings. The number of hydrogen-bond acceptors (Lipinski definition) is 5. The zero-order valence-electron chi connectivity index (χ0n) is 10.6. The van der Waals surface area contributed by atoms with Gasteiger partial charge in [0.15, 0.2) is 0 Å². The lowest BCUT2D eigenvalue weighted by Gasteiger charge is -2.13. The molecule has 0 radical (unpaired) electrons. The molecule has 0 saturated heterocycles. The molecule has 0 bridgehead atoms. The Morgan fingerprint density at radius 2 is 2.26 bits per heavy atom. The summed E-state index contributed by atoms with van der Waals surface area (Å²) in [4.78, 5) is 26.7. The van der Waals surface area contributed by atoms with E-state index in [4.69, 9.17) is 10.8 Å². The summed E-state index contributed by atoms with van der Waals surface area (Å²) in [6.07, 6.45) is 3.80. The number of amides is 1. The minimum atomic E-state index is -1.02. The van der Waals surface area contributed by atoms with Gasteiger partial charge in [0.05, 0.1) is 18.3 Å². The van der Waals surface area contributed by atoms with Gasteiger partial charge in [-0.1, -0.05) is 0 Å². The first-order valence-corrected chi connectivity index (χ1v) is 7.14. The summed E-state index contributed by atoms with van der Waals surface area (Å²) in [5, 5.41) is 11.5. The third-order valence-electron chi connectivity index (χ3n) is 2.43. The van der Waals surface area contributed by atoms with Gasteiger partial charge in [0.2, 0.25) is 5.91 Å². The van der Waals surface area contributed by atoms with Gasteiger partial charge in [-0.25, -0.2) is 4.79 Å². The summed E-state index contributed by atoms with van der Waals surface area (Å²) >= 11 is 1.54. The third-order valence-corrected chi connectivity index (χ3v) is 3.08. The van der Waals surface area contributed by atoms with Gasteiger partial charge in [0.25, 0.3) is 0 Å². The van der Waals surface area contributed by atoms with Gasteiger partial charge in [-0.05, 0) is 30.6 Å². The highest BCUT2D eigenvalue weighted by molar-refractivity contribution is 7.98. The van der Waals surface area contributed by atoms with E-state index < -0.39 is 12.0 Å². The van der Waals surface area contributed by atoms with Gasteiger partial charge in [-0.15, -0.1) is 0 Å². The largest absolute Gasteiger partial charge is 0.480 e. The first-order valence-electron chi connectivity index (χ1n) is 5.74. The van der Waals surface area contributed by atoms with Crippen molar-refractivity contribution in [1.82, 2.24) is 10.3 Å². The number of aromatic nitrogens is 1. The summed E-state index contributed by atoms with van der Waals surface area (Å²) in [5.74, 6) is -0.699. The molecule has 7 heteroatoms. The molecule has 0 aliphatic rings. The van der Waals surface area contributed by atoms with E-state index in [1.165, 1.54) is 18.0 Å². The van der Waals surface area contributed by atoms with Crippen molar-refractivity contribution in [2.75, 3.05) is 17.7 Å². The molecule has 19 heavy (non-hydrogen) atoms. The summed E-state index contributed by atoms with van der Waals surface area (Å²) in [6, 6.07) is 2.44. The van der Waals surface area contributed by atoms with Crippen molar-refractivity contribution in [3.05, 3.63) is 24.0 Å². The molecule has 0 aliphatic heterocycles. The Labute approximate surface area is 115 Å². The number of nitrogens with one attached hydrogen (secondary N) is 1. The van der Waals surface area contributed by atoms with E-state index in [2.05, 4.69) is 10.3 Å². The minimum Gasteiger partial charge on any atom is -0.480 e.